The van der Waals surface area contributed by atoms with Gasteiger partial charge < -0.3 is 4.90 Å². The number of nitrogens with zero attached hydrogens (tertiary/aromatic N) is 4. The first-order valence-corrected chi connectivity index (χ1v) is 11.1. The normalized spacial score (nSPS) is 15.2. The quantitative estimate of drug-likeness (QED) is 0.489. The van der Waals surface area contributed by atoms with Crippen molar-refractivity contribution < 1.29 is 4.79 Å². The number of imidazole rings is 1. The van der Waals surface area contributed by atoms with Crippen LogP contribution in [0.4, 0.5) is 0 Å². The van der Waals surface area contributed by atoms with Gasteiger partial charge in [-0.25, -0.2) is 4.98 Å². The molecule has 0 atom stereocenters. The molecule has 0 bridgehead atoms. The minimum Gasteiger partial charge on any atom is -0.334 e. The Morgan fingerprint density at radius 1 is 1.00 bits per heavy atom. The summed E-state index contributed by atoms with van der Waals surface area (Å²) in [6.07, 6.45) is 2.10. The van der Waals surface area contributed by atoms with Crippen LogP contribution < -0.4 is 0 Å². The van der Waals surface area contributed by atoms with Gasteiger partial charge in [0.1, 0.15) is 0 Å². The molecule has 0 saturated carbocycles. The van der Waals surface area contributed by atoms with E-state index >= 15 is 0 Å². The third-order valence-electron chi connectivity index (χ3n) is 5.70. The van der Waals surface area contributed by atoms with Crippen molar-refractivity contribution in [3.05, 3.63) is 83.0 Å². The Bertz CT molecular complexity index is 1180. The third-order valence-corrected chi connectivity index (χ3v) is 6.59. The van der Waals surface area contributed by atoms with Crippen LogP contribution >= 0.6 is 11.3 Å². The molecule has 0 unspecified atom stereocenters. The van der Waals surface area contributed by atoms with E-state index < -0.39 is 0 Å². The van der Waals surface area contributed by atoms with Crippen LogP contribution in [0.1, 0.15) is 16.8 Å². The van der Waals surface area contributed by atoms with Crippen molar-refractivity contribution in [3.8, 4) is 11.3 Å². The monoisotopic (exact) mass is 416 g/mol. The van der Waals surface area contributed by atoms with E-state index in [1.165, 1.54) is 11.1 Å². The lowest BCUT2D eigenvalue weighted by Gasteiger charge is -2.34. The van der Waals surface area contributed by atoms with E-state index in [1.54, 1.807) is 11.3 Å². The number of amides is 1. The molecule has 4 aromatic rings. The number of carbonyl (C=O) groups is 1. The molecule has 5 nitrogen and oxygen atoms in total. The van der Waals surface area contributed by atoms with E-state index in [0.29, 0.717) is 13.1 Å². The molecule has 0 N–H and O–H groups in total. The van der Waals surface area contributed by atoms with Gasteiger partial charge in [0.05, 0.1) is 24.5 Å². The second-order valence-electron chi connectivity index (χ2n) is 7.83. The molecule has 152 valence electrons. The van der Waals surface area contributed by atoms with Crippen molar-refractivity contribution >= 4 is 22.2 Å². The van der Waals surface area contributed by atoms with Crippen molar-refractivity contribution in [1.29, 1.82) is 0 Å². The molecular formula is C24H24N4OS. The molecular weight excluding hydrogens is 392 g/mol. The summed E-state index contributed by atoms with van der Waals surface area (Å²) in [6, 6.07) is 18.7. The molecule has 6 heteroatoms. The Kier molecular flexibility index (Phi) is 5.11. The molecule has 0 aliphatic carbocycles. The maximum Gasteiger partial charge on any atom is 0.237 e. The van der Waals surface area contributed by atoms with Gasteiger partial charge in [0.25, 0.3) is 0 Å². The van der Waals surface area contributed by atoms with Gasteiger partial charge in [0, 0.05) is 36.8 Å². The van der Waals surface area contributed by atoms with E-state index in [1.807, 2.05) is 35.2 Å². The number of hydrogen-bond acceptors (Lipinski definition) is 4. The highest BCUT2D eigenvalue weighted by atomic mass is 32.1. The third kappa shape index (κ3) is 3.76. The fourth-order valence-electron chi connectivity index (χ4n) is 4.03. The fourth-order valence-corrected chi connectivity index (χ4v) is 4.89. The van der Waals surface area contributed by atoms with Gasteiger partial charge in [-0.05, 0) is 18.1 Å². The predicted octanol–water partition coefficient (Wildman–Crippen LogP) is 4.22. The molecule has 3 heterocycles. The van der Waals surface area contributed by atoms with Crippen molar-refractivity contribution in [2.75, 3.05) is 19.6 Å². The lowest BCUT2D eigenvalue weighted by atomic mass is 10.1. The van der Waals surface area contributed by atoms with Crippen LogP contribution in [0.2, 0.25) is 0 Å². The summed E-state index contributed by atoms with van der Waals surface area (Å²) in [5.41, 5.74) is 5.73. The second-order valence-corrected chi connectivity index (χ2v) is 8.67. The minimum absolute atomic E-state index is 0.191. The number of benzene rings is 2. The molecule has 0 spiro atoms. The highest BCUT2D eigenvalue weighted by Gasteiger charge is 2.25. The first-order valence-electron chi connectivity index (χ1n) is 10.2. The number of aromatic nitrogens is 2. The number of carbonyl (C=O) groups excluding carboxylic acids is 1. The number of hydrogen-bond donors (Lipinski definition) is 0. The molecule has 1 fully saturated rings. The van der Waals surface area contributed by atoms with Gasteiger partial charge in [0.2, 0.25) is 5.91 Å². The van der Waals surface area contributed by atoms with Crippen molar-refractivity contribution in [2.45, 2.75) is 20.0 Å². The summed E-state index contributed by atoms with van der Waals surface area (Å²) in [5, 5.41) is 2.12. The first kappa shape index (κ1) is 19.0. The zero-order valence-corrected chi connectivity index (χ0v) is 17.8. The van der Waals surface area contributed by atoms with Crippen LogP contribution in [0.3, 0.4) is 0 Å². The Morgan fingerprint density at radius 3 is 2.60 bits per heavy atom. The zero-order valence-electron chi connectivity index (χ0n) is 17.0. The van der Waals surface area contributed by atoms with Crippen LogP contribution in [-0.4, -0.2) is 44.7 Å². The van der Waals surface area contributed by atoms with Gasteiger partial charge in [0.15, 0.2) is 4.96 Å². The molecule has 1 amide bonds. The van der Waals surface area contributed by atoms with E-state index in [2.05, 4.69) is 52.1 Å². The molecule has 30 heavy (non-hydrogen) atoms. The van der Waals surface area contributed by atoms with E-state index in [0.717, 1.165) is 41.5 Å². The Balaban J connectivity index is 1.29. The first-order chi connectivity index (χ1) is 14.7. The highest BCUT2D eigenvalue weighted by molar-refractivity contribution is 7.15. The van der Waals surface area contributed by atoms with Crippen molar-refractivity contribution in [2.24, 2.45) is 0 Å². The average molecular weight is 417 g/mol. The summed E-state index contributed by atoms with van der Waals surface area (Å²) in [7, 11) is 0. The molecule has 2 aromatic carbocycles. The van der Waals surface area contributed by atoms with E-state index in [9.17, 15) is 4.79 Å². The van der Waals surface area contributed by atoms with Crippen LogP contribution in [-0.2, 0) is 17.9 Å². The van der Waals surface area contributed by atoms with Crippen molar-refractivity contribution in [3.63, 3.8) is 0 Å². The summed E-state index contributed by atoms with van der Waals surface area (Å²) in [4.78, 5) is 22.8. The number of aryl methyl sites for hydroxylation is 1. The lowest BCUT2D eigenvalue weighted by Crippen LogP contribution is -2.49. The number of fused-ring (bicyclic) bond motifs is 1. The van der Waals surface area contributed by atoms with Gasteiger partial charge in [-0.2, -0.15) is 0 Å². The topological polar surface area (TPSA) is 40.9 Å². The Morgan fingerprint density at radius 2 is 1.80 bits per heavy atom. The number of rotatable bonds is 5. The second kappa shape index (κ2) is 8.05. The maximum atomic E-state index is 12.8. The van der Waals surface area contributed by atoms with Gasteiger partial charge in [-0.3, -0.25) is 14.1 Å². The largest absolute Gasteiger partial charge is 0.334 e. The van der Waals surface area contributed by atoms with E-state index in [4.69, 9.17) is 4.98 Å². The molecule has 2 aromatic heterocycles. The van der Waals surface area contributed by atoms with Gasteiger partial charge in [-0.1, -0.05) is 54.6 Å². The number of piperazine rings is 1. The van der Waals surface area contributed by atoms with Crippen LogP contribution in [0.5, 0.6) is 0 Å². The maximum absolute atomic E-state index is 12.8. The van der Waals surface area contributed by atoms with Crippen LogP contribution in [0, 0.1) is 6.92 Å². The van der Waals surface area contributed by atoms with Gasteiger partial charge in [-0.15, -0.1) is 11.3 Å². The lowest BCUT2D eigenvalue weighted by molar-refractivity contribution is -0.137. The van der Waals surface area contributed by atoms with Crippen LogP contribution in [0.25, 0.3) is 16.2 Å². The zero-order chi connectivity index (χ0) is 20.5. The Hall–Kier alpha value is -2.96. The SMILES string of the molecule is Cc1ccccc1-c1cn2c(CN3CCN(Cc4ccccc4)CC3=O)csc2n1. The Labute approximate surface area is 180 Å². The molecule has 1 aliphatic rings. The summed E-state index contributed by atoms with van der Waals surface area (Å²) in [6.45, 7) is 5.68. The van der Waals surface area contributed by atoms with Crippen LogP contribution in [0.15, 0.2) is 66.2 Å². The number of thiazole rings is 1. The standard InChI is InChI=1S/C24H24N4OS/c1-18-7-5-6-10-21(18)22-15-28-20(17-30-24(28)25-22)14-27-12-11-26(16-23(27)29)13-19-8-3-2-4-9-19/h2-10,15,17H,11-14,16H2,1H3. The molecule has 1 aliphatic heterocycles. The summed E-state index contributed by atoms with van der Waals surface area (Å²) >= 11 is 1.63. The minimum atomic E-state index is 0.191. The molecule has 5 rings (SSSR count). The summed E-state index contributed by atoms with van der Waals surface area (Å²) < 4.78 is 2.13. The summed E-state index contributed by atoms with van der Waals surface area (Å²) in [5.74, 6) is 0.191. The predicted molar refractivity (Wildman–Crippen MR) is 120 cm³/mol. The average Bonchev–Trinajstić information content (AvgIpc) is 3.33. The molecule has 1 saturated heterocycles. The fraction of sp³-hybridized carbons (Fsp3) is 0.250. The van der Waals surface area contributed by atoms with Crippen molar-refractivity contribution in [1.82, 2.24) is 19.2 Å². The molecule has 0 radical (unpaired) electrons. The smallest absolute Gasteiger partial charge is 0.237 e. The van der Waals surface area contributed by atoms with Gasteiger partial charge >= 0.3 is 0 Å². The van der Waals surface area contributed by atoms with E-state index in [-0.39, 0.29) is 5.91 Å². The highest BCUT2D eigenvalue weighted by Crippen LogP contribution is 2.26.